The molecule has 2 amide bonds. The summed E-state index contributed by atoms with van der Waals surface area (Å²) >= 11 is 0. The van der Waals surface area contributed by atoms with Gasteiger partial charge in [0.2, 0.25) is 5.91 Å². The summed E-state index contributed by atoms with van der Waals surface area (Å²) < 4.78 is 4.81. The predicted octanol–water partition coefficient (Wildman–Crippen LogP) is 0.871. The van der Waals surface area contributed by atoms with Crippen molar-refractivity contribution in [1.29, 1.82) is 0 Å². The van der Waals surface area contributed by atoms with Crippen molar-refractivity contribution in [2.45, 2.75) is 31.7 Å². The number of hydrogen-bond acceptors (Lipinski definition) is 5. The SMILES string of the molecule is COC(=O)C1CCCN(C(=O)C2(C)CC(=O)N=C3C=CC=CN32)C1. The summed E-state index contributed by atoms with van der Waals surface area (Å²) in [5, 5.41) is 0. The van der Waals surface area contributed by atoms with Gasteiger partial charge in [0, 0.05) is 19.3 Å². The molecule has 3 rings (SSSR count). The van der Waals surface area contributed by atoms with Crippen molar-refractivity contribution < 1.29 is 19.1 Å². The lowest BCUT2D eigenvalue weighted by Gasteiger charge is -2.45. The zero-order valence-electron chi connectivity index (χ0n) is 13.9. The number of carbonyl (C=O) groups excluding carboxylic acids is 3. The second-order valence-corrected chi connectivity index (χ2v) is 6.50. The van der Waals surface area contributed by atoms with Gasteiger partial charge in [-0.15, -0.1) is 0 Å². The van der Waals surface area contributed by atoms with E-state index in [4.69, 9.17) is 4.74 Å². The summed E-state index contributed by atoms with van der Waals surface area (Å²) in [6.07, 6.45) is 8.56. The number of piperidine rings is 1. The van der Waals surface area contributed by atoms with Crippen molar-refractivity contribution in [3.63, 3.8) is 0 Å². The van der Waals surface area contributed by atoms with Gasteiger partial charge in [0.15, 0.2) is 0 Å². The summed E-state index contributed by atoms with van der Waals surface area (Å²) in [6, 6.07) is 0. The van der Waals surface area contributed by atoms with Crippen molar-refractivity contribution in [2.24, 2.45) is 10.9 Å². The Morgan fingerprint density at radius 2 is 2.17 bits per heavy atom. The van der Waals surface area contributed by atoms with E-state index in [1.807, 2.05) is 6.08 Å². The summed E-state index contributed by atoms with van der Waals surface area (Å²) in [5.74, 6) is -0.581. The third-order valence-corrected chi connectivity index (χ3v) is 4.81. The number of methoxy groups -OCH3 is 1. The number of ether oxygens (including phenoxy) is 1. The molecular formula is C17H21N3O4. The number of amides is 2. The summed E-state index contributed by atoms with van der Waals surface area (Å²) in [6.45, 7) is 2.66. The predicted molar refractivity (Wildman–Crippen MR) is 86.9 cm³/mol. The van der Waals surface area contributed by atoms with Crippen LogP contribution in [0.5, 0.6) is 0 Å². The Balaban J connectivity index is 1.84. The first kappa shape index (κ1) is 16.4. The first-order valence-corrected chi connectivity index (χ1v) is 8.08. The normalized spacial score (nSPS) is 29.2. The zero-order valence-corrected chi connectivity index (χ0v) is 13.9. The number of carbonyl (C=O) groups is 3. The highest BCUT2D eigenvalue weighted by Gasteiger charge is 2.48. The van der Waals surface area contributed by atoms with E-state index >= 15 is 0 Å². The number of nitrogens with zero attached hydrogens (tertiary/aromatic N) is 3. The largest absolute Gasteiger partial charge is 0.469 e. The molecule has 0 aromatic carbocycles. The molecule has 3 aliphatic rings. The fraction of sp³-hybridized carbons (Fsp3) is 0.529. The van der Waals surface area contributed by atoms with Crippen LogP contribution in [-0.4, -0.2) is 59.2 Å². The average molecular weight is 331 g/mol. The molecule has 128 valence electrons. The van der Waals surface area contributed by atoms with Gasteiger partial charge in [0.05, 0.1) is 19.4 Å². The molecule has 0 saturated carbocycles. The fourth-order valence-corrected chi connectivity index (χ4v) is 3.53. The van der Waals surface area contributed by atoms with E-state index in [2.05, 4.69) is 4.99 Å². The number of aliphatic imine (C=N–C) groups is 1. The summed E-state index contributed by atoms with van der Waals surface area (Å²) in [7, 11) is 1.36. The number of likely N-dealkylation sites (tertiary alicyclic amines) is 1. The fourth-order valence-electron chi connectivity index (χ4n) is 3.53. The molecule has 1 fully saturated rings. The van der Waals surface area contributed by atoms with Gasteiger partial charge in [-0.05, 0) is 31.9 Å². The van der Waals surface area contributed by atoms with Crippen LogP contribution in [0.15, 0.2) is 29.4 Å². The average Bonchev–Trinajstić information content (AvgIpc) is 2.60. The highest BCUT2D eigenvalue weighted by Crippen LogP contribution is 2.31. The molecule has 2 unspecified atom stereocenters. The molecule has 0 aromatic heterocycles. The Bertz CT molecular complexity index is 667. The van der Waals surface area contributed by atoms with Crippen molar-refractivity contribution >= 4 is 23.6 Å². The molecular weight excluding hydrogens is 310 g/mol. The van der Waals surface area contributed by atoms with Crippen molar-refractivity contribution in [2.75, 3.05) is 20.2 Å². The standard InChI is InChI=1S/C17H21N3O4/c1-17(10-14(21)18-13-7-3-4-9-20(13)17)16(23)19-8-5-6-12(11-19)15(22)24-2/h3-4,7,9,12H,5-6,8,10-11H2,1-2H3. The molecule has 2 atom stereocenters. The van der Waals surface area contributed by atoms with E-state index in [1.54, 1.807) is 35.1 Å². The lowest BCUT2D eigenvalue weighted by molar-refractivity contribution is -0.152. The summed E-state index contributed by atoms with van der Waals surface area (Å²) in [4.78, 5) is 44.5. The number of fused-ring (bicyclic) bond motifs is 1. The maximum Gasteiger partial charge on any atom is 0.310 e. The zero-order chi connectivity index (χ0) is 17.3. The van der Waals surface area contributed by atoms with Gasteiger partial charge in [-0.25, -0.2) is 0 Å². The van der Waals surface area contributed by atoms with Crippen LogP contribution < -0.4 is 0 Å². The maximum atomic E-state index is 13.2. The molecule has 0 radical (unpaired) electrons. The second-order valence-electron chi connectivity index (χ2n) is 6.50. The van der Waals surface area contributed by atoms with Gasteiger partial charge < -0.3 is 14.5 Å². The molecule has 7 heteroatoms. The van der Waals surface area contributed by atoms with E-state index in [-0.39, 0.29) is 30.1 Å². The molecule has 7 nitrogen and oxygen atoms in total. The van der Waals surface area contributed by atoms with Crippen molar-refractivity contribution in [1.82, 2.24) is 9.80 Å². The van der Waals surface area contributed by atoms with Gasteiger partial charge in [-0.2, -0.15) is 4.99 Å². The molecule has 1 saturated heterocycles. The Hall–Kier alpha value is -2.44. The third-order valence-electron chi connectivity index (χ3n) is 4.81. The lowest BCUT2D eigenvalue weighted by atomic mass is 9.88. The smallest absolute Gasteiger partial charge is 0.310 e. The number of hydrogen-bond donors (Lipinski definition) is 0. The number of rotatable bonds is 2. The minimum Gasteiger partial charge on any atom is -0.469 e. The van der Waals surface area contributed by atoms with Crippen LogP contribution in [-0.2, 0) is 19.1 Å². The van der Waals surface area contributed by atoms with E-state index in [0.717, 1.165) is 6.42 Å². The highest BCUT2D eigenvalue weighted by molar-refractivity contribution is 6.09. The molecule has 0 N–H and O–H groups in total. The minimum atomic E-state index is -1.02. The van der Waals surface area contributed by atoms with E-state index in [1.165, 1.54) is 7.11 Å². The Morgan fingerprint density at radius 1 is 1.38 bits per heavy atom. The van der Waals surface area contributed by atoms with Crippen LogP contribution in [0.2, 0.25) is 0 Å². The number of esters is 1. The van der Waals surface area contributed by atoms with E-state index in [9.17, 15) is 14.4 Å². The Morgan fingerprint density at radius 3 is 2.92 bits per heavy atom. The van der Waals surface area contributed by atoms with E-state index in [0.29, 0.717) is 25.3 Å². The molecule has 3 heterocycles. The lowest BCUT2D eigenvalue weighted by Crippen LogP contribution is -2.62. The van der Waals surface area contributed by atoms with E-state index < -0.39 is 5.54 Å². The number of allylic oxidation sites excluding steroid dienone is 2. The quantitative estimate of drug-likeness (QED) is 0.702. The Labute approximate surface area is 140 Å². The minimum absolute atomic E-state index is 0.0207. The van der Waals surface area contributed by atoms with Crippen LogP contribution in [0.3, 0.4) is 0 Å². The highest BCUT2D eigenvalue weighted by atomic mass is 16.5. The van der Waals surface area contributed by atoms with Crippen molar-refractivity contribution in [3.8, 4) is 0 Å². The second kappa shape index (κ2) is 6.22. The Kier molecular flexibility index (Phi) is 4.26. The molecule has 0 spiro atoms. The van der Waals surface area contributed by atoms with Gasteiger partial charge >= 0.3 is 5.97 Å². The molecule has 24 heavy (non-hydrogen) atoms. The monoisotopic (exact) mass is 331 g/mol. The first-order valence-electron chi connectivity index (χ1n) is 8.08. The van der Waals surface area contributed by atoms with Crippen LogP contribution in [0, 0.1) is 5.92 Å². The molecule has 0 aromatic rings. The van der Waals surface area contributed by atoms with Crippen LogP contribution in [0.1, 0.15) is 26.2 Å². The summed E-state index contributed by atoms with van der Waals surface area (Å²) in [5.41, 5.74) is -1.02. The maximum absolute atomic E-state index is 13.2. The van der Waals surface area contributed by atoms with Gasteiger partial charge in [-0.1, -0.05) is 6.08 Å². The molecule has 0 aliphatic carbocycles. The van der Waals surface area contributed by atoms with Gasteiger partial charge in [0.1, 0.15) is 11.4 Å². The first-order chi connectivity index (χ1) is 11.5. The third kappa shape index (κ3) is 2.74. The van der Waals surface area contributed by atoms with Gasteiger partial charge in [-0.3, -0.25) is 14.4 Å². The molecule has 3 aliphatic heterocycles. The van der Waals surface area contributed by atoms with Crippen LogP contribution in [0.4, 0.5) is 0 Å². The van der Waals surface area contributed by atoms with Gasteiger partial charge in [0.25, 0.3) is 5.91 Å². The van der Waals surface area contributed by atoms with Crippen molar-refractivity contribution in [3.05, 3.63) is 24.4 Å². The number of amidine groups is 1. The van der Waals surface area contributed by atoms with Crippen LogP contribution in [0.25, 0.3) is 0 Å². The molecule has 0 bridgehead atoms. The topological polar surface area (TPSA) is 79.3 Å². The van der Waals surface area contributed by atoms with Crippen LogP contribution >= 0.6 is 0 Å².